The molecule has 1 fully saturated rings. The molecule has 3 rings (SSSR count). The van der Waals surface area contributed by atoms with Crippen LogP contribution in [0.25, 0.3) is 0 Å². The van der Waals surface area contributed by atoms with Crippen LogP contribution in [0.15, 0.2) is 40.4 Å². The highest BCUT2D eigenvalue weighted by atomic mass is 79.9. The molecule has 2 aromatic heterocycles. The summed E-state index contributed by atoms with van der Waals surface area (Å²) in [5, 5.41) is 2.05. The van der Waals surface area contributed by atoms with Crippen molar-refractivity contribution in [3.05, 3.63) is 50.9 Å². The smallest absolute Gasteiger partial charge is 0.257 e. The molecule has 0 atom stereocenters. The molecule has 0 saturated heterocycles. The first-order valence-electron chi connectivity index (χ1n) is 6.19. The van der Waals surface area contributed by atoms with Gasteiger partial charge in [0.25, 0.3) is 5.91 Å². The predicted octanol–water partition coefficient (Wildman–Crippen LogP) is 3.71. The molecule has 5 heteroatoms. The zero-order chi connectivity index (χ0) is 13.2. The Kier molecular flexibility index (Phi) is 3.66. The van der Waals surface area contributed by atoms with Gasteiger partial charge in [0.1, 0.15) is 4.60 Å². The molecule has 0 N–H and O–H groups in total. The van der Waals surface area contributed by atoms with Gasteiger partial charge in [-0.15, -0.1) is 11.3 Å². The van der Waals surface area contributed by atoms with Gasteiger partial charge in [0.2, 0.25) is 0 Å². The van der Waals surface area contributed by atoms with Crippen LogP contribution in [0.1, 0.15) is 28.1 Å². The Morgan fingerprint density at radius 1 is 1.42 bits per heavy atom. The molecule has 0 aliphatic heterocycles. The van der Waals surface area contributed by atoms with Crippen molar-refractivity contribution < 1.29 is 4.79 Å². The molecule has 1 saturated carbocycles. The first-order valence-corrected chi connectivity index (χ1v) is 7.87. The summed E-state index contributed by atoms with van der Waals surface area (Å²) in [5.41, 5.74) is 0.644. The number of carbonyl (C=O) groups is 1. The average molecular weight is 337 g/mol. The number of thiophene rings is 1. The Morgan fingerprint density at radius 2 is 2.26 bits per heavy atom. The summed E-state index contributed by atoms with van der Waals surface area (Å²) >= 11 is 5.05. The van der Waals surface area contributed by atoms with Crippen LogP contribution < -0.4 is 0 Å². The summed E-state index contributed by atoms with van der Waals surface area (Å²) < 4.78 is 0.622. The van der Waals surface area contributed by atoms with E-state index in [2.05, 4.69) is 27.0 Å². The molecular formula is C14H13BrN2OS. The van der Waals surface area contributed by atoms with Crippen molar-refractivity contribution in [1.29, 1.82) is 0 Å². The van der Waals surface area contributed by atoms with E-state index in [1.165, 1.54) is 4.88 Å². The fraction of sp³-hybridized carbons (Fsp3) is 0.286. The molecule has 0 bridgehead atoms. The zero-order valence-corrected chi connectivity index (χ0v) is 12.7. The third-order valence-corrected chi connectivity index (χ3v) is 4.64. The molecule has 0 aromatic carbocycles. The summed E-state index contributed by atoms with van der Waals surface area (Å²) in [4.78, 5) is 20.0. The number of pyridine rings is 1. The molecule has 1 amide bonds. The highest BCUT2D eigenvalue weighted by Gasteiger charge is 2.33. The van der Waals surface area contributed by atoms with Crippen molar-refractivity contribution in [2.75, 3.05) is 0 Å². The van der Waals surface area contributed by atoms with E-state index in [-0.39, 0.29) is 5.91 Å². The standard InChI is InChI=1S/C14H13BrN2OS/c15-13-12(4-1-7-16-13)14(18)17(10-5-6-10)9-11-3-2-8-19-11/h1-4,7-8,10H,5-6,9H2. The van der Waals surface area contributed by atoms with Gasteiger partial charge >= 0.3 is 0 Å². The van der Waals surface area contributed by atoms with Gasteiger partial charge in [-0.1, -0.05) is 6.07 Å². The average Bonchev–Trinajstić information content (AvgIpc) is 3.13. The van der Waals surface area contributed by atoms with E-state index in [9.17, 15) is 4.79 Å². The van der Waals surface area contributed by atoms with Crippen molar-refractivity contribution >= 4 is 33.2 Å². The molecule has 19 heavy (non-hydrogen) atoms. The number of hydrogen-bond donors (Lipinski definition) is 0. The molecule has 98 valence electrons. The van der Waals surface area contributed by atoms with Gasteiger partial charge in [-0.3, -0.25) is 4.79 Å². The minimum atomic E-state index is 0.0656. The summed E-state index contributed by atoms with van der Waals surface area (Å²) in [6, 6.07) is 8.11. The van der Waals surface area contributed by atoms with Crippen molar-refractivity contribution in [2.45, 2.75) is 25.4 Å². The van der Waals surface area contributed by atoms with Crippen LogP contribution in [0.2, 0.25) is 0 Å². The summed E-state index contributed by atoms with van der Waals surface area (Å²) in [5.74, 6) is 0.0656. The molecular weight excluding hydrogens is 324 g/mol. The maximum Gasteiger partial charge on any atom is 0.257 e. The van der Waals surface area contributed by atoms with Gasteiger partial charge in [0.15, 0.2) is 0 Å². The van der Waals surface area contributed by atoms with Crippen LogP contribution >= 0.6 is 27.3 Å². The third-order valence-electron chi connectivity index (χ3n) is 3.14. The van der Waals surface area contributed by atoms with Gasteiger partial charge in [-0.2, -0.15) is 0 Å². The Labute approximate surface area is 124 Å². The molecule has 1 aliphatic carbocycles. The fourth-order valence-corrected chi connectivity index (χ4v) is 3.15. The molecule has 1 aliphatic rings. The second-order valence-electron chi connectivity index (χ2n) is 4.59. The topological polar surface area (TPSA) is 33.2 Å². The molecule has 0 radical (unpaired) electrons. The van der Waals surface area contributed by atoms with E-state index in [0.717, 1.165) is 12.8 Å². The number of hydrogen-bond acceptors (Lipinski definition) is 3. The third kappa shape index (κ3) is 2.87. The molecule has 0 spiro atoms. The SMILES string of the molecule is O=C(c1cccnc1Br)N(Cc1cccs1)C1CC1. The van der Waals surface area contributed by atoms with E-state index >= 15 is 0 Å². The number of aromatic nitrogens is 1. The van der Waals surface area contributed by atoms with E-state index in [0.29, 0.717) is 22.8 Å². The first-order chi connectivity index (χ1) is 9.25. The maximum atomic E-state index is 12.6. The summed E-state index contributed by atoms with van der Waals surface area (Å²) in [6.07, 6.45) is 3.89. The van der Waals surface area contributed by atoms with Crippen LogP contribution in [-0.2, 0) is 6.54 Å². The van der Waals surface area contributed by atoms with Gasteiger partial charge in [-0.25, -0.2) is 4.98 Å². The summed E-state index contributed by atoms with van der Waals surface area (Å²) in [6.45, 7) is 0.697. The van der Waals surface area contributed by atoms with E-state index in [1.807, 2.05) is 22.4 Å². The van der Waals surface area contributed by atoms with Crippen molar-refractivity contribution in [2.24, 2.45) is 0 Å². The second-order valence-corrected chi connectivity index (χ2v) is 6.37. The van der Waals surface area contributed by atoms with Crippen LogP contribution in [-0.4, -0.2) is 21.8 Å². The Morgan fingerprint density at radius 3 is 2.89 bits per heavy atom. The highest BCUT2D eigenvalue weighted by Crippen LogP contribution is 2.31. The van der Waals surface area contributed by atoms with Crippen LogP contribution in [0.4, 0.5) is 0 Å². The van der Waals surface area contributed by atoms with Gasteiger partial charge < -0.3 is 4.90 Å². The number of amides is 1. The molecule has 2 heterocycles. The first kappa shape index (κ1) is 12.8. The van der Waals surface area contributed by atoms with Crippen molar-refractivity contribution in [3.63, 3.8) is 0 Å². The van der Waals surface area contributed by atoms with Crippen molar-refractivity contribution in [1.82, 2.24) is 9.88 Å². The number of nitrogens with zero attached hydrogens (tertiary/aromatic N) is 2. The Balaban J connectivity index is 1.84. The van der Waals surface area contributed by atoms with Gasteiger partial charge in [-0.05, 0) is 52.4 Å². The van der Waals surface area contributed by atoms with Crippen LogP contribution in [0.3, 0.4) is 0 Å². The largest absolute Gasteiger partial charge is 0.330 e. The van der Waals surface area contributed by atoms with Crippen LogP contribution in [0, 0.1) is 0 Å². The van der Waals surface area contributed by atoms with E-state index < -0.39 is 0 Å². The quantitative estimate of drug-likeness (QED) is 0.797. The van der Waals surface area contributed by atoms with Crippen molar-refractivity contribution in [3.8, 4) is 0 Å². The normalized spacial score (nSPS) is 14.4. The summed E-state index contributed by atoms with van der Waals surface area (Å²) in [7, 11) is 0. The second kappa shape index (κ2) is 5.43. The Hall–Kier alpha value is -1.20. The lowest BCUT2D eigenvalue weighted by atomic mass is 10.2. The number of rotatable bonds is 4. The minimum absolute atomic E-state index is 0.0656. The number of carbonyl (C=O) groups excluding carboxylic acids is 1. The predicted molar refractivity (Wildman–Crippen MR) is 79.2 cm³/mol. The zero-order valence-electron chi connectivity index (χ0n) is 10.3. The molecule has 0 unspecified atom stereocenters. The van der Waals surface area contributed by atoms with E-state index in [4.69, 9.17) is 0 Å². The lowest BCUT2D eigenvalue weighted by Gasteiger charge is -2.22. The van der Waals surface area contributed by atoms with Gasteiger partial charge in [0, 0.05) is 17.1 Å². The van der Waals surface area contributed by atoms with Crippen LogP contribution in [0.5, 0.6) is 0 Å². The fourth-order valence-electron chi connectivity index (χ4n) is 2.02. The number of halogens is 1. The lowest BCUT2D eigenvalue weighted by Crippen LogP contribution is -2.32. The maximum absolute atomic E-state index is 12.6. The van der Waals surface area contributed by atoms with Gasteiger partial charge in [0.05, 0.1) is 12.1 Å². The molecule has 2 aromatic rings. The van der Waals surface area contributed by atoms with E-state index in [1.54, 1.807) is 23.6 Å². The lowest BCUT2D eigenvalue weighted by molar-refractivity contribution is 0.0730. The monoisotopic (exact) mass is 336 g/mol. The Bertz CT molecular complexity index is 581. The minimum Gasteiger partial charge on any atom is -0.330 e. The highest BCUT2D eigenvalue weighted by molar-refractivity contribution is 9.10. The molecule has 3 nitrogen and oxygen atoms in total.